The van der Waals surface area contributed by atoms with Gasteiger partial charge in [0.1, 0.15) is 56.4 Å². The van der Waals surface area contributed by atoms with Crippen molar-refractivity contribution in [3.63, 3.8) is 0 Å². The van der Waals surface area contributed by atoms with E-state index in [0.717, 1.165) is 30.4 Å². The Kier molecular flexibility index (Phi) is 13.0. The lowest BCUT2D eigenvalue weighted by molar-refractivity contribution is -0.365. The molecule has 8 fully saturated rings. The summed E-state index contributed by atoms with van der Waals surface area (Å²) in [6, 6.07) is 15.8. The van der Waals surface area contributed by atoms with Crippen LogP contribution in [-0.2, 0) is 65.3 Å². The van der Waals surface area contributed by atoms with E-state index in [-0.39, 0.29) is 38.6 Å². The predicted molar refractivity (Wildman–Crippen MR) is 224 cm³/mol. The lowest BCUT2D eigenvalue weighted by atomic mass is 9.83. The summed E-state index contributed by atoms with van der Waals surface area (Å²) in [6.07, 6.45) is -6.95. The van der Waals surface area contributed by atoms with Gasteiger partial charge in [-0.25, -0.2) is 19.2 Å². The molecule has 358 valence electrons. The zero-order valence-electron chi connectivity index (χ0n) is 36.8. The van der Waals surface area contributed by atoms with Crippen molar-refractivity contribution in [1.82, 2.24) is 20.9 Å². The van der Waals surface area contributed by atoms with Gasteiger partial charge in [-0.05, 0) is 36.8 Å². The Balaban J connectivity index is 0.879. The number of carbonyl (C=O) groups excluding carboxylic acids is 4. The van der Waals surface area contributed by atoms with Gasteiger partial charge in [-0.1, -0.05) is 74.0 Å². The molecule has 2 aliphatic carbocycles. The van der Waals surface area contributed by atoms with Crippen molar-refractivity contribution >= 4 is 24.4 Å². The number of benzene rings is 2. The van der Waals surface area contributed by atoms with Crippen LogP contribution in [0.3, 0.4) is 0 Å². The highest BCUT2D eigenvalue weighted by atomic mass is 16.8. The lowest BCUT2D eigenvalue weighted by Gasteiger charge is -2.51. The molecule has 16 atom stereocenters. The summed E-state index contributed by atoms with van der Waals surface area (Å²) in [4.78, 5) is 53.6. The Morgan fingerprint density at radius 3 is 2.14 bits per heavy atom. The molecule has 6 saturated heterocycles. The zero-order chi connectivity index (χ0) is 45.5. The normalized spacial score (nSPS) is 38.9. The first-order chi connectivity index (χ1) is 32.0. The standard InChI is InChI=1S/C46H58N4O16/c1-24-18-30-37(38-34(50(2)45(55)64-38)41(60-30)61-32-20-29(51)33-31(59-32)23-58-44(54)49-33)63-40(24)62-35-27(47-42(52)56-21-25-12-6-3-7-13-25)19-28(48-43(53)57-22-26-14-8-4-9-15-26)36-39(35)66-46(65-36)16-10-5-11-17-46/h3-4,6-9,12-15,24,27-41,51H,5,10-11,16-23H2,1-2H3,(H,47,52)(H,48,53)(H,49,54)/t24?,27?,28-,29?,30+,31?,32-,33+,34?,35-,36?,37?,38?,39+,40+,41?/m1/s1. The number of alkyl carbamates (subject to hydrolysis) is 3. The summed E-state index contributed by atoms with van der Waals surface area (Å²) in [6.45, 7) is 1.98. The van der Waals surface area contributed by atoms with E-state index >= 15 is 0 Å². The Bertz CT molecular complexity index is 2050. The van der Waals surface area contributed by atoms with E-state index in [2.05, 4.69) is 16.0 Å². The second-order valence-corrected chi connectivity index (χ2v) is 18.6. The fourth-order valence-corrected chi connectivity index (χ4v) is 10.7. The van der Waals surface area contributed by atoms with Crippen LogP contribution in [0.2, 0.25) is 0 Å². The number of ether oxygens (including phenoxy) is 11. The highest BCUT2D eigenvalue weighted by Crippen LogP contribution is 2.48. The van der Waals surface area contributed by atoms with Gasteiger partial charge in [-0.3, -0.25) is 4.90 Å². The molecule has 2 saturated carbocycles. The highest BCUT2D eigenvalue weighted by molar-refractivity contribution is 5.71. The first-order valence-electron chi connectivity index (χ1n) is 23.1. The molecule has 6 heterocycles. The van der Waals surface area contributed by atoms with Crippen LogP contribution in [0.25, 0.3) is 0 Å². The summed E-state index contributed by atoms with van der Waals surface area (Å²) < 4.78 is 69.1. The summed E-state index contributed by atoms with van der Waals surface area (Å²) in [5.74, 6) is -1.23. The van der Waals surface area contributed by atoms with Gasteiger partial charge < -0.3 is 73.2 Å². The Morgan fingerprint density at radius 2 is 1.44 bits per heavy atom. The average Bonchev–Trinajstić information content (AvgIpc) is 3.83. The van der Waals surface area contributed by atoms with Crippen molar-refractivity contribution in [2.24, 2.45) is 5.92 Å². The highest BCUT2D eigenvalue weighted by Gasteiger charge is 2.62. The van der Waals surface area contributed by atoms with Gasteiger partial charge in [-0.15, -0.1) is 0 Å². The van der Waals surface area contributed by atoms with Gasteiger partial charge in [0.15, 0.2) is 30.8 Å². The van der Waals surface area contributed by atoms with E-state index in [0.29, 0.717) is 19.3 Å². The van der Waals surface area contributed by atoms with Crippen molar-refractivity contribution in [3.8, 4) is 0 Å². The van der Waals surface area contributed by atoms with Gasteiger partial charge in [0.05, 0.1) is 30.3 Å². The van der Waals surface area contributed by atoms with Gasteiger partial charge in [0.25, 0.3) is 0 Å². The number of rotatable bonds is 10. The second-order valence-electron chi connectivity index (χ2n) is 18.6. The van der Waals surface area contributed by atoms with Crippen LogP contribution in [0.4, 0.5) is 19.2 Å². The van der Waals surface area contributed by atoms with Crippen molar-refractivity contribution in [3.05, 3.63) is 71.8 Å². The maximum Gasteiger partial charge on any atom is 0.410 e. The molecule has 1 spiro atoms. The molecule has 0 radical (unpaired) electrons. The number of nitrogens with zero attached hydrogens (tertiary/aromatic N) is 1. The van der Waals surface area contributed by atoms with Crippen LogP contribution in [0.15, 0.2) is 60.7 Å². The Hall–Kier alpha value is -4.80. The molecule has 9 unspecified atom stereocenters. The van der Waals surface area contributed by atoms with E-state index in [4.69, 9.17) is 52.1 Å². The largest absolute Gasteiger partial charge is 0.447 e. The Labute approximate surface area is 381 Å². The fourth-order valence-electron chi connectivity index (χ4n) is 10.7. The topological polar surface area (TPSA) is 229 Å². The Morgan fingerprint density at radius 1 is 0.773 bits per heavy atom. The summed E-state index contributed by atoms with van der Waals surface area (Å²) in [5, 5.41) is 19.6. The fraction of sp³-hybridized carbons (Fsp3) is 0.652. The molecule has 4 N–H and O–H groups in total. The molecular formula is C46H58N4O16. The third-order valence-corrected chi connectivity index (χ3v) is 14.1. The van der Waals surface area contributed by atoms with Crippen molar-refractivity contribution in [2.45, 2.75) is 169 Å². The van der Waals surface area contributed by atoms with E-state index in [1.165, 1.54) is 4.90 Å². The molecule has 0 bridgehead atoms. The van der Waals surface area contributed by atoms with Gasteiger partial charge >= 0.3 is 24.4 Å². The SMILES string of the molecule is CC1C[C@@H]2OC(O[C@@H]3CC(O)[C@@H]4NC(=O)OCC4O3)C3C(OC(=O)N3C)C2O[C@@H]1O[C@@H]1C(NC(=O)OCc2ccccc2)C[C@@H](NC(=O)OCc2ccccc2)C2OC3(CCCCC3)O[C@H]21. The lowest BCUT2D eigenvalue weighted by Crippen LogP contribution is -2.67. The van der Waals surface area contributed by atoms with Crippen LogP contribution in [-0.4, -0.2) is 146 Å². The number of cyclic esters (lactones) is 1. The van der Waals surface area contributed by atoms with Gasteiger partial charge in [0.2, 0.25) is 0 Å². The number of aliphatic hydroxyl groups is 1. The van der Waals surface area contributed by atoms with E-state index in [1.54, 1.807) is 7.05 Å². The van der Waals surface area contributed by atoms with Gasteiger partial charge in [0, 0.05) is 32.2 Å². The molecule has 2 aromatic rings. The minimum atomic E-state index is -1.03. The molecule has 66 heavy (non-hydrogen) atoms. The minimum absolute atomic E-state index is 0.0284. The second kappa shape index (κ2) is 19.1. The monoisotopic (exact) mass is 922 g/mol. The first-order valence-corrected chi connectivity index (χ1v) is 23.1. The number of hydrogen-bond acceptors (Lipinski definition) is 16. The van der Waals surface area contributed by atoms with Crippen LogP contribution < -0.4 is 16.0 Å². The molecule has 8 aliphatic rings. The number of carbonyl (C=O) groups is 4. The van der Waals surface area contributed by atoms with Crippen LogP contribution in [0.1, 0.15) is 69.4 Å². The molecule has 10 rings (SSSR count). The molecular weight excluding hydrogens is 865 g/mol. The minimum Gasteiger partial charge on any atom is -0.447 e. The summed E-state index contributed by atoms with van der Waals surface area (Å²) in [7, 11) is 1.58. The number of fused-ring (bicyclic) bond motifs is 5. The number of aliphatic hydroxyl groups excluding tert-OH is 1. The third-order valence-electron chi connectivity index (χ3n) is 14.1. The molecule has 6 aliphatic heterocycles. The maximum absolute atomic E-state index is 13.7. The molecule has 4 amide bonds. The quantitative estimate of drug-likeness (QED) is 0.249. The molecule has 2 aromatic carbocycles. The summed E-state index contributed by atoms with van der Waals surface area (Å²) in [5.41, 5.74) is 1.63. The zero-order valence-corrected chi connectivity index (χ0v) is 36.8. The van der Waals surface area contributed by atoms with Crippen molar-refractivity contribution in [1.29, 1.82) is 0 Å². The molecule has 20 nitrogen and oxygen atoms in total. The molecule has 20 heteroatoms. The van der Waals surface area contributed by atoms with Crippen LogP contribution in [0.5, 0.6) is 0 Å². The van der Waals surface area contributed by atoms with Crippen LogP contribution >= 0.6 is 0 Å². The van der Waals surface area contributed by atoms with E-state index in [1.807, 2.05) is 67.6 Å². The smallest absolute Gasteiger partial charge is 0.410 e. The molecule has 0 aromatic heterocycles. The van der Waals surface area contributed by atoms with Gasteiger partial charge in [-0.2, -0.15) is 0 Å². The van der Waals surface area contributed by atoms with Crippen molar-refractivity contribution in [2.75, 3.05) is 13.7 Å². The average molecular weight is 923 g/mol. The predicted octanol–water partition coefficient (Wildman–Crippen LogP) is 3.71. The van der Waals surface area contributed by atoms with E-state index < -0.39 is 122 Å². The van der Waals surface area contributed by atoms with E-state index in [9.17, 15) is 24.3 Å². The number of likely N-dealkylation sites (N-methyl/N-ethyl adjacent to an activating group) is 1. The number of amides is 4. The maximum atomic E-state index is 13.7. The van der Waals surface area contributed by atoms with Crippen LogP contribution in [0, 0.1) is 5.92 Å². The van der Waals surface area contributed by atoms with Crippen molar-refractivity contribution < 1.29 is 76.4 Å². The first kappa shape index (κ1) is 45.0. The third kappa shape index (κ3) is 9.38. The number of hydrogen-bond donors (Lipinski definition) is 4. The number of nitrogens with one attached hydrogen (secondary N) is 3. The summed E-state index contributed by atoms with van der Waals surface area (Å²) >= 11 is 0.